The summed E-state index contributed by atoms with van der Waals surface area (Å²) < 4.78 is 6.61. The van der Waals surface area contributed by atoms with Crippen molar-refractivity contribution in [1.82, 2.24) is 5.32 Å². The van der Waals surface area contributed by atoms with Crippen LogP contribution in [0.4, 0.5) is 5.69 Å². The van der Waals surface area contributed by atoms with Crippen LogP contribution < -0.4 is 15.4 Å². The Bertz CT molecular complexity index is 849. The van der Waals surface area contributed by atoms with E-state index >= 15 is 0 Å². The average molecular weight is 415 g/mol. The predicted molar refractivity (Wildman–Crippen MR) is 105 cm³/mol. The minimum Gasteiger partial charge on any atom is -0.492 e. The van der Waals surface area contributed by atoms with E-state index in [9.17, 15) is 9.59 Å². The summed E-state index contributed by atoms with van der Waals surface area (Å²) in [4.78, 5) is 23.2. The Hall–Kier alpha value is -2.60. The zero-order chi connectivity index (χ0) is 18.4. The van der Waals surface area contributed by atoms with Crippen LogP contribution in [0.3, 0.4) is 0 Å². The molecule has 2 N–H and O–H groups in total. The van der Waals surface area contributed by atoms with Gasteiger partial charge in [-0.15, -0.1) is 0 Å². The molecule has 0 radical (unpaired) electrons. The van der Waals surface area contributed by atoms with Crippen LogP contribution in [0.5, 0.6) is 5.75 Å². The summed E-state index contributed by atoms with van der Waals surface area (Å²) in [6, 6.07) is 13.3. The summed E-state index contributed by atoms with van der Waals surface area (Å²) in [5, 5.41) is 5.63. The van der Waals surface area contributed by atoms with Gasteiger partial charge in [-0.2, -0.15) is 0 Å². The van der Waals surface area contributed by atoms with Gasteiger partial charge in [0.05, 0.1) is 6.54 Å². The first-order valence-electron chi connectivity index (χ1n) is 8.38. The Morgan fingerprint density at radius 2 is 2.08 bits per heavy atom. The van der Waals surface area contributed by atoms with Gasteiger partial charge in [0.1, 0.15) is 12.4 Å². The van der Waals surface area contributed by atoms with E-state index in [2.05, 4.69) is 26.6 Å². The lowest BCUT2D eigenvalue weighted by molar-refractivity contribution is -0.117. The molecule has 0 spiro atoms. The molecule has 1 aliphatic heterocycles. The Morgan fingerprint density at radius 3 is 2.92 bits per heavy atom. The van der Waals surface area contributed by atoms with Crippen LogP contribution in [-0.4, -0.2) is 25.0 Å². The maximum atomic E-state index is 11.9. The lowest BCUT2D eigenvalue weighted by atomic mass is 10.0. The van der Waals surface area contributed by atoms with Crippen LogP contribution in [0.15, 0.2) is 53.0 Å². The third-order valence-corrected chi connectivity index (χ3v) is 4.68. The van der Waals surface area contributed by atoms with Crippen molar-refractivity contribution in [1.29, 1.82) is 0 Å². The Kier molecular flexibility index (Phi) is 6.07. The van der Waals surface area contributed by atoms with Crippen molar-refractivity contribution in [3.63, 3.8) is 0 Å². The number of hydrogen-bond donors (Lipinski definition) is 2. The topological polar surface area (TPSA) is 67.4 Å². The number of carbonyl (C=O) groups excluding carboxylic acids is 2. The van der Waals surface area contributed by atoms with Crippen LogP contribution in [0.2, 0.25) is 0 Å². The number of halogens is 1. The molecule has 6 heteroatoms. The minimum atomic E-state index is -0.169. The Labute approximate surface area is 160 Å². The summed E-state index contributed by atoms with van der Waals surface area (Å²) in [6.07, 6.45) is 4.48. The average Bonchev–Trinajstić information content (AvgIpc) is 2.64. The van der Waals surface area contributed by atoms with E-state index in [1.807, 2.05) is 42.5 Å². The van der Waals surface area contributed by atoms with E-state index in [1.54, 1.807) is 6.08 Å². The number of nitrogens with one attached hydrogen (secondary N) is 2. The highest BCUT2D eigenvalue weighted by molar-refractivity contribution is 9.10. The van der Waals surface area contributed by atoms with Crippen molar-refractivity contribution >= 4 is 39.5 Å². The van der Waals surface area contributed by atoms with Crippen LogP contribution in [0, 0.1) is 0 Å². The monoisotopic (exact) mass is 414 g/mol. The summed E-state index contributed by atoms with van der Waals surface area (Å²) in [6.45, 7) is 0.784. The molecule has 0 saturated heterocycles. The van der Waals surface area contributed by atoms with Gasteiger partial charge in [0.15, 0.2) is 0 Å². The van der Waals surface area contributed by atoms with E-state index in [-0.39, 0.29) is 11.8 Å². The zero-order valence-electron chi connectivity index (χ0n) is 14.1. The van der Waals surface area contributed by atoms with Gasteiger partial charge in [0.2, 0.25) is 11.8 Å². The summed E-state index contributed by atoms with van der Waals surface area (Å²) in [7, 11) is 0. The van der Waals surface area contributed by atoms with Crippen molar-refractivity contribution in [2.75, 3.05) is 18.5 Å². The van der Waals surface area contributed by atoms with Crippen molar-refractivity contribution in [2.45, 2.75) is 12.8 Å². The lowest BCUT2D eigenvalue weighted by Gasteiger charge is -2.17. The minimum absolute atomic E-state index is 0.0458. The van der Waals surface area contributed by atoms with Gasteiger partial charge < -0.3 is 15.4 Å². The fraction of sp³-hybridized carbons (Fsp3) is 0.200. The molecule has 2 aromatic rings. The second-order valence-electron chi connectivity index (χ2n) is 5.86. The molecule has 3 rings (SSSR count). The van der Waals surface area contributed by atoms with Gasteiger partial charge in [0, 0.05) is 22.7 Å². The molecular formula is C20H19BrN2O3. The highest BCUT2D eigenvalue weighted by Crippen LogP contribution is 2.26. The quantitative estimate of drug-likeness (QED) is 0.560. The molecule has 134 valence electrons. The number of anilines is 1. The highest BCUT2D eigenvalue weighted by atomic mass is 79.9. The molecule has 26 heavy (non-hydrogen) atoms. The molecular weight excluding hydrogens is 396 g/mol. The first kappa shape index (κ1) is 18.2. The molecule has 0 fully saturated rings. The van der Waals surface area contributed by atoms with Crippen molar-refractivity contribution in [3.05, 3.63) is 64.1 Å². The highest BCUT2D eigenvalue weighted by Gasteiger charge is 2.14. The molecule has 5 nitrogen and oxygen atoms in total. The maximum Gasteiger partial charge on any atom is 0.244 e. The van der Waals surface area contributed by atoms with Crippen molar-refractivity contribution in [3.8, 4) is 5.75 Å². The van der Waals surface area contributed by atoms with Crippen LogP contribution in [-0.2, 0) is 16.0 Å². The van der Waals surface area contributed by atoms with Gasteiger partial charge >= 0.3 is 0 Å². The number of hydrogen-bond acceptors (Lipinski definition) is 3. The van der Waals surface area contributed by atoms with Crippen molar-refractivity contribution < 1.29 is 14.3 Å². The SMILES string of the molecule is O=C(/C=C/c1ccccc1Br)NCCOc1ccc2c(c1)CCC(=O)N2. The number of benzene rings is 2. The molecule has 2 amide bonds. The molecule has 0 saturated carbocycles. The third-order valence-electron chi connectivity index (χ3n) is 3.96. The van der Waals surface area contributed by atoms with Gasteiger partial charge in [-0.25, -0.2) is 0 Å². The molecule has 2 aromatic carbocycles. The third kappa shape index (κ3) is 4.95. The second kappa shape index (κ2) is 8.67. The molecule has 0 atom stereocenters. The van der Waals surface area contributed by atoms with Crippen molar-refractivity contribution in [2.24, 2.45) is 0 Å². The van der Waals surface area contributed by atoms with E-state index in [0.29, 0.717) is 19.6 Å². The molecule has 0 aromatic heterocycles. The Morgan fingerprint density at radius 1 is 1.23 bits per heavy atom. The van der Waals surface area contributed by atoms with E-state index in [4.69, 9.17) is 4.74 Å². The predicted octanol–water partition coefficient (Wildman–Crippen LogP) is 3.54. The first-order valence-corrected chi connectivity index (χ1v) is 9.17. The number of rotatable bonds is 6. The summed E-state index contributed by atoms with van der Waals surface area (Å²) in [5.41, 5.74) is 2.86. The Balaban J connectivity index is 1.43. The van der Waals surface area contributed by atoms with Crippen LogP contribution >= 0.6 is 15.9 Å². The molecule has 1 aliphatic rings. The maximum absolute atomic E-state index is 11.9. The van der Waals surface area contributed by atoms with E-state index in [0.717, 1.165) is 33.5 Å². The first-order chi connectivity index (χ1) is 12.6. The molecule has 0 bridgehead atoms. The van der Waals surface area contributed by atoms with Gasteiger partial charge in [-0.05, 0) is 47.9 Å². The number of fused-ring (bicyclic) bond motifs is 1. The van der Waals surface area contributed by atoms with E-state index in [1.165, 1.54) is 6.08 Å². The molecule has 0 aliphatic carbocycles. The normalized spacial score (nSPS) is 13.2. The fourth-order valence-electron chi connectivity index (χ4n) is 2.63. The van der Waals surface area contributed by atoms with E-state index < -0.39 is 0 Å². The fourth-order valence-corrected chi connectivity index (χ4v) is 3.04. The second-order valence-corrected chi connectivity index (χ2v) is 6.72. The number of aryl methyl sites for hydroxylation is 1. The smallest absolute Gasteiger partial charge is 0.244 e. The number of ether oxygens (including phenoxy) is 1. The number of amides is 2. The summed E-state index contributed by atoms with van der Waals surface area (Å²) in [5.74, 6) is 0.611. The van der Waals surface area contributed by atoms with Gasteiger partial charge in [0.25, 0.3) is 0 Å². The number of carbonyl (C=O) groups is 2. The molecule has 1 heterocycles. The van der Waals surface area contributed by atoms with Crippen LogP contribution in [0.25, 0.3) is 6.08 Å². The van der Waals surface area contributed by atoms with Gasteiger partial charge in [-0.1, -0.05) is 34.1 Å². The zero-order valence-corrected chi connectivity index (χ0v) is 15.7. The molecule has 0 unspecified atom stereocenters. The standard InChI is InChI=1S/C20H19BrN2O3/c21-17-4-2-1-3-14(17)5-9-19(24)22-11-12-26-16-7-8-18-15(13-16)6-10-20(25)23-18/h1-5,7-9,13H,6,10-12H2,(H,22,24)(H,23,25)/b9-5+. The van der Waals surface area contributed by atoms with Crippen LogP contribution in [0.1, 0.15) is 17.5 Å². The largest absolute Gasteiger partial charge is 0.492 e. The van der Waals surface area contributed by atoms with Gasteiger partial charge in [-0.3, -0.25) is 9.59 Å². The summed E-state index contributed by atoms with van der Waals surface area (Å²) >= 11 is 3.44. The lowest BCUT2D eigenvalue weighted by Crippen LogP contribution is -2.26.